The minimum atomic E-state index is -3.60. The Labute approximate surface area is 198 Å². The van der Waals surface area contributed by atoms with Gasteiger partial charge in [0, 0.05) is 44.0 Å². The number of aromatic nitrogens is 4. The molecule has 1 aliphatic rings. The Kier molecular flexibility index (Phi) is 6.89. The third-order valence-corrected chi connectivity index (χ3v) is 7.67. The van der Waals surface area contributed by atoms with Gasteiger partial charge in [-0.25, -0.2) is 13.1 Å². The van der Waals surface area contributed by atoms with Crippen molar-refractivity contribution < 1.29 is 13.3 Å². The van der Waals surface area contributed by atoms with Crippen LogP contribution in [0, 0.1) is 17.0 Å². The lowest BCUT2D eigenvalue weighted by atomic mass is 10.1. The van der Waals surface area contributed by atoms with Crippen molar-refractivity contribution in [2.24, 2.45) is 0 Å². The molecule has 0 radical (unpaired) electrons. The van der Waals surface area contributed by atoms with Crippen molar-refractivity contribution >= 4 is 21.2 Å². The van der Waals surface area contributed by atoms with Gasteiger partial charge in [0.05, 0.1) is 15.9 Å². The number of hydrogen-bond acceptors (Lipinski definition) is 9. The van der Waals surface area contributed by atoms with E-state index in [9.17, 15) is 18.5 Å². The van der Waals surface area contributed by atoms with Crippen LogP contribution in [0.2, 0.25) is 0 Å². The third kappa shape index (κ3) is 5.07. The van der Waals surface area contributed by atoms with Gasteiger partial charge in [-0.3, -0.25) is 15.0 Å². The Bertz CT molecular complexity index is 1240. The molecule has 0 spiro atoms. The molecule has 1 fully saturated rings. The molecule has 0 aliphatic carbocycles. The molecule has 0 unspecified atom stereocenters. The van der Waals surface area contributed by atoms with E-state index in [0.29, 0.717) is 5.82 Å². The minimum Gasteiger partial charge on any atom is -0.369 e. The zero-order valence-corrected chi connectivity index (χ0v) is 19.9. The number of tetrazole rings is 1. The van der Waals surface area contributed by atoms with E-state index in [0.717, 1.165) is 43.9 Å². The number of benzene rings is 2. The monoisotopic (exact) mass is 485 g/mol. The van der Waals surface area contributed by atoms with Crippen LogP contribution in [0.4, 0.5) is 11.4 Å². The molecule has 1 aromatic heterocycles. The molecule has 2 heterocycles. The van der Waals surface area contributed by atoms with Gasteiger partial charge in [-0.1, -0.05) is 24.6 Å². The Morgan fingerprint density at radius 3 is 2.26 bits per heavy atom. The first kappa shape index (κ1) is 23.8. The van der Waals surface area contributed by atoms with Crippen LogP contribution in [-0.2, 0) is 15.7 Å². The van der Waals surface area contributed by atoms with Crippen LogP contribution >= 0.6 is 0 Å². The van der Waals surface area contributed by atoms with Crippen molar-refractivity contribution in [3.05, 3.63) is 70.0 Å². The van der Waals surface area contributed by atoms with E-state index in [1.807, 2.05) is 13.8 Å². The summed E-state index contributed by atoms with van der Waals surface area (Å²) in [4.78, 5) is 15.2. The zero-order chi connectivity index (χ0) is 24.3. The Balaban J connectivity index is 1.45. The minimum absolute atomic E-state index is 0.0702. The molecule has 2 aromatic carbocycles. The van der Waals surface area contributed by atoms with Gasteiger partial charge in [-0.15, -0.1) is 5.10 Å². The van der Waals surface area contributed by atoms with Crippen LogP contribution in [0.15, 0.2) is 53.4 Å². The van der Waals surface area contributed by atoms with Gasteiger partial charge in [-0.2, -0.15) is 0 Å². The number of aryl methyl sites for hydroxylation is 1. The van der Waals surface area contributed by atoms with Crippen molar-refractivity contribution in [2.75, 3.05) is 31.1 Å². The number of rotatable bonds is 8. The second-order valence-electron chi connectivity index (χ2n) is 8.31. The summed E-state index contributed by atoms with van der Waals surface area (Å²) in [5.74, 6) is 0.208. The summed E-state index contributed by atoms with van der Waals surface area (Å²) in [7, 11) is -3.60. The highest BCUT2D eigenvalue weighted by atomic mass is 32.2. The molecule has 3 aromatic rings. The molecule has 0 amide bonds. The lowest BCUT2D eigenvalue weighted by molar-refractivity contribution is -0.384. The fourth-order valence-electron chi connectivity index (χ4n) is 4.20. The molecule has 1 aliphatic heterocycles. The van der Waals surface area contributed by atoms with Crippen LogP contribution < -0.4 is 4.90 Å². The molecule has 180 valence electrons. The Hall–Kier alpha value is -3.38. The lowest BCUT2D eigenvalue weighted by Crippen LogP contribution is -2.48. The van der Waals surface area contributed by atoms with E-state index in [1.54, 1.807) is 36.4 Å². The second kappa shape index (κ2) is 9.85. The fraction of sp³-hybridized carbons (Fsp3) is 0.409. The molecule has 11 nitrogen and oxygen atoms in total. The molecule has 34 heavy (non-hydrogen) atoms. The summed E-state index contributed by atoms with van der Waals surface area (Å²) >= 11 is 0. The molecule has 0 N–H and O–H groups in total. The van der Waals surface area contributed by atoms with Gasteiger partial charge in [0.2, 0.25) is 0 Å². The molecular weight excluding hydrogens is 458 g/mol. The SMILES string of the molecule is CC[C@@H](c1nnnn1CS(=O)(=O)c1ccc(C)cc1)N1CCN(c2ccc([N+](=O)[O-])cc2)CC1. The first-order valence-electron chi connectivity index (χ1n) is 11.1. The quantitative estimate of drug-likeness (QED) is 0.349. The largest absolute Gasteiger partial charge is 0.369 e. The van der Waals surface area contributed by atoms with Crippen LogP contribution in [0.25, 0.3) is 0 Å². The number of sulfone groups is 1. The van der Waals surface area contributed by atoms with Crippen LogP contribution in [-0.4, -0.2) is 64.6 Å². The highest BCUT2D eigenvalue weighted by Gasteiger charge is 2.29. The van der Waals surface area contributed by atoms with Crippen molar-refractivity contribution in [3.8, 4) is 0 Å². The van der Waals surface area contributed by atoms with Gasteiger partial charge in [0.25, 0.3) is 5.69 Å². The molecule has 1 saturated heterocycles. The molecule has 4 rings (SSSR count). The maximum Gasteiger partial charge on any atom is 0.269 e. The van der Waals surface area contributed by atoms with Crippen molar-refractivity contribution in [1.29, 1.82) is 0 Å². The number of non-ortho nitro benzene ring substituents is 1. The molecular formula is C22H27N7O4S. The summed E-state index contributed by atoms with van der Waals surface area (Å²) in [5, 5.41) is 22.8. The molecule has 12 heteroatoms. The van der Waals surface area contributed by atoms with Crippen molar-refractivity contribution in [2.45, 2.75) is 37.1 Å². The van der Waals surface area contributed by atoms with Gasteiger partial charge < -0.3 is 4.90 Å². The van der Waals surface area contributed by atoms with E-state index < -0.39 is 14.8 Å². The third-order valence-electron chi connectivity index (χ3n) is 6.10. The smallest absolute Gasteiger partial charge is 0.269 e. The predicted octanol–water partition coefficient (Wildman–Crippen LogP) is 2.59. The van der Waals surface area contributed by atoms with E-state index in [4.69, 9.17) is 0 Å². The van der Waals surface area contributed by atoms with Crippen LogP contribution in [0.5, 0.6) is 0 Å². The van der Waals surface area contributed by atoms with Crippen molar-refractivity contribution in [3.63, 3.8) is 0 Å². The van der Waals surface area contributed by atoms with E-state index in [-0.39, 0.29) is 22.5 Å². The average Bonchev–Trinajstić information content (AvgIpc) is 3.27. The van der Waals surface area contributed by atoms with Crippen LogP contribution in [0.1, 0.15) is 30.8 Å². The van der Waals surface area contributed by atoms with Gasteiger partial charge in [0.1, 0.15) is 0 Å². The number of nitrogens with zero attached hydrogens (tertiary/aromatic N) is 7. The highest BCUT2D eigenvalue weighted by Crippen LogP contribution is 2.27. The lowest BCUT2D eigenvalue weighted by Gasteiger charge is -2.39. The zero-order valence-electron chi connectivity index (χ0n) is 19.1. The summed E-state index contributed by atoms with van der Waals surface area (Å²) in [5.41, 5.74) is 1.99. The van der Waals surface area contributed by atoms with Crippen LogP contribution in [0.3, 0.4) is 0 Å². The Morgan fingerprint density at radius 1 is 1.03 bits per heavy atom. The number of hydrogen-bond donors (Lipinski definition) is 0. The first-order valence-corrected chi connectivity index (χ1v) is 12.7. The predicted molar refractivity (Wildman–Crippen MR) is 126 cm³/mol. The van der Waals surface area contributed by atoms with E-state index >= 15 is 0 Å². The summed E-state index contributed by atoms with van der Waals surface area (Å²) in [6.45, 7) is 6.86. The molecule has 1 atom stereocenters. The maximum absolute atomic E-state index is 12.9. The van der Waals surface area contributed by atoms with E-state index in [2.05, 4.69) is 25.3 Å². The topological polar surface area (TPSA) is 127 Å². The van der Waals surface area contributed by atoms with Crippen molar-refractivity contribution in [1.82, 2.24) is 25.1 Å². The Morgan fingerprint density at radius 2 is 1.68 bits per heavy atom. The summed E-state index contributed by atoms with van der Waals surface area (Å²) < 4.78 is 27.3. The van der Waals surface area contributed by atoms with E-state index in [1.165, 1.54) is 16.8 Å². The van der Waals surface area contributed by atoms with Gasteiger partial charge in [0.15, 0.2) is 21.5 Å². The molecule has 0 saturated carbocycles. The normalized spacial score (nSPS) is 15.9. The van der Waals surface area contributed by atoms with Gasteiger partial charge in [-0.05, 0) is 48.0 Å². The second-order valence-corrected chi connectivity index (χ2v) is 10.3. The number of piperazine rings is 1. The van der Waals surface area contributed by atoms with Gasteiger partial charge >= 0.3 is 0 Å². The standard InChI is InChI=1S/C22H27N7O4S/c1-3-21(27-14-12-26(13-15-27)18-6-8-19(9-7-18)29(30)31)22-23-24-25-28(22)16-34(32,33)20-10-4-17(2)5-11-20/h4-11,21H,3,12-16H2,1-2H3/t21-/m0/s1. The summed E-state index contributed by atoms with van der Waals surface area (Å²) in [6.07, 6.45) is 0.725. The first-order chi connectivity index (χ1) is 16.3. The number of anilines is 1. The molecule has 0 bridgehead atoms. The summed E-state index contributed by atoms with van der Waals surface area (Å²) in [6, 6.07) is 13.2. The highest BCUT2D eigenvalue weighted by molar-refractivity contribution is 7.90. The number of nitro benzene ring substituents is 1. The average molecular weight is 486 g/mol. The fourth-order valence-corrected chi connectivity index (χ4v) is 5.41. The number of nitro groups is 1. The maximum atomic E-state index is 12.9.